The Kier molecular flexibility index (Phi) is 6.25. The predicted octanol–water partition coefficient (Wildman–Crippen LogP) is 4.54. The van der Waals surface area contributed by atoms with E-state index in [0.717, 1.165) is 28.3 Å². The van der Waals surface area contributed by atoms with Crippen LogP contribution in [0, 0.1) is 6.92 Å². The number of rotatable bonds is 7. The molecule has 0 radical (unpaired) electrons. The van der Waals surface area contributed by atoms with Gasteiger partial charge < -0.3 is 4.74 Å². The van der Waals surface area contributed by atoms with Gasteiger partial charge in [-0.3, -0.25) is 0 Å². The van der Waals surface area contributed by atoms with E-state index in [9.17, 15) is 21.6 Å². The van der Waals surface area contributed by atoms with E-state index in [4.69, 9.17) is 0 Å². The minimum Gasteiger partial charge on any atom is -0.404 e. The van der Waals surface area contributed by atoms with Gasteiger partial charge in [0.05, 0.1) is 5.69 Å². The second-order valence-corrected chi connectivity index (χ2v) is 8.75. The first kappa shape index (κ1) is 21.3. The maximum absolute atomic E-state index is 12.5. The maximum Gasteiger partial charge on any atom is 0.573 e. The van der Waals surface area contributed by atoms with Crippen molar-refractivity contribution in [2.75, 3.05) is 6.54 Å². The van der Waals surface area contributed by atoms with Crippen molar-refractivity contribution in [1.29, 1.82) is 0 Å². The third-order valence-corrected chi connectivity index (χ3v) is 6.33. The molecule has 1 heterocycles. The molecule has 0 aliphatic heterocycles. The number of benzene rings is 2. The highest BCUT2D eigenvalue weighted by molar-refractivity contribution is 7.89. The molecule has 0 saturated carbocycles. The van der Waals surface area contributed by atoms with Crippen LogP contribution in [0.3, 0.4) is 0 Å². The van der Waals surface area contributed by atoms with Crippen LogP contribution in [0.5, 0.6) is 5.75 Å². The number of sulfonamides is 1. The molecule has 5 nitrogen and oxygen atoms in total. The van der Waals surface area contributed by atoms with Crippen molar-refractivity contribution in [3.63, 3.8) is 0 Å². The van der Waals surface area contributed by atoms with E-state index < -0.39 is 27.0 Å². The summed E-state index contributed by atoms with van der Waals surface area (Å²) < 4.78 is 68.4. The highest BCUT2D eigenvalue weighted by Crippen LogP contribution is 2.29. The lowest BCUT2D eigenvalue weighted by atomic mass is 10.2. The number of nitrogens with zero attached hydrogens (tertiary/aromatic N) is 1. The number of ether oxygens (including phenoxy) is 1. The molecular formula is C19H17F3N2O3S2. The van der Waals surface area contributed by atoms with Gasteiger partial charge in [0.15, 0.2) is 0 Å². The van der Waals surface area contributed by atoms with Crippen molar-refractivity contribution in [3.8, 4) is 16.3 Å². The lowest BCUT2D eigenvalue weighted by molar-refractivity contribution is -0.275. The number of aromatic nitrogens is 1. The van der Waals surface area contributed by atoms with Gasteiger partial charge in [-0.25, -0.2) is 18.1 Å². The van der Waals surface area contributed by atoms with Crippen LogP contribution in [-0.2, 0) is 16.4 Å². The molecule has 0 aliphatic carbocycles. The Labute approximate surface area is 170 Å². The second kappa shape index (κ2) is 8.52. The van der Waals surface area contributed by atoms with E-state index in [1.807, 2.05) is 36.6 Å². The molecule has 0 fully saturated rings. The summed E-state index contributed by atoms with van der Waals surface area (Å²) in [5.41, 5.74) is 2.79. The Morgan fingerprint density at radius 1 is 1.10 bits per heavy atom. The van der Waals surface area contributed by atoms with Crippen LogP contribution >= 0.6 is 11.3 Å². The third-order valence-electron chi connectivity index (χ3n) is 3.89. The molecule has 3 rings (SSSR count). The zero-order valence-electron chi connectivity index (χ0n) is 15.2. The lowest BCUT2D eigenvalue weighted by Crippen LogP contribution is -2.27. The van der Waals surface area contributed by atoms with Gasteiger partial charge in [0.2, 0.25) is 10.0 Å². The molecule has 154 valence electrons. The number of halogens is 3. The first-order valence-corrected chi connectivity index (χ1v) is 10.9. The van der Waals surface area contributed by atoms with Crippen LogP contribution in [0.1, 0.15) is 11.3 Å². The molecule has 1 N–H and O–H groups in total. The Bertz CT molecular complexity index is 1080. The number of para-hydroxylation sites is 1. The minimum absolute atomic E-state index is 0.0141. The van der Waals surface area contributed by atoms with E-state index in [1.165, 1.54) is 23.5 Å². The predicted molar refractivity (Wildman–Crippen MR) is 104 cm³/mol. The monoisotopic (exact) mass is 442 g/mol. The molecule has 0 spiro atoms. The van der Waals surface area contributed by atoms with Crippen molar-refractivity contribution in [2.24, 2.45) is 0 Å². The zero-order valence-corrected chi connectivity index (χ0v) is 16.9. The van der Waals surface area contributed by atoms with Gasteiger partial charge in [0.1, 0.15) is 15.7 Å². The normalized spacial score (nSPS) is 12.1. The van der Waals surface area contributed by atoms with E-state index in [2.05, 4.69) is 14.4 Å². The average Bonchev–Trinajstić information content (AvgIpc) is 3.10. The summed E-state index contributed by atoms with van der Waals surface area (Å²) in [6.07, 6.45) is -4.69. The molecule has 0 aliphatic rings. The minimum atomic E-state index is -4.99. The number of thiazole rings is 1. The van der Waals surface area contributed by atoms with Gasteiger partial charge in [0.25, 0.3) is 0 Å². The molecule has 0 amide bonds. The van der Waals surface area contributed by atoms with E-state index in [1.54, 1.807) is 0 Å². The van der Waals surface area contributed by atoms with Crippen LogP contribution in [0.2, 0.25) is 0 Å². The topological polar surface area (TPSA) is 68.3 Å². The fourth-order valence-corrected chi connectivity index (χ4v) is 4.54. The van der Waals surface area contributed by atoms with Crippen LogP contribution in [0.4, 0.5) is 13.2 Å². The summed E-state index contributed by atoms with van der Waals surface area (Å²) in [7, 11) is -4.18. The summed E-state index contributed by atoms with van der Waals surface area (Å²) in [5.74, 6) is -0.775. The van der Waals surface area contributed by atoms with Gasteiger partial charge in [-0.05, 0) is 19.1 Å². The average molecular weight is 442 g/mol. The van der Waals surface area contributed by atoms with Gasteiger partial charge in [-0.2, -0.15) is 0 Å². The Morgan fingerprint density at radius 3 is 2.48 bits per heavy atom. The molecule has 1 aromatic heterocycles. The fourth-order valence-electron chi connectivity index (χ4n) is 2.52. The summed E-state index contributed by atoms with van der Waals surface area (Å²) in [6.45, 7) is 1.97. The number of alkyl halides is 3. The highest BCUT2D eigenvalue weighted by Gasteiger charge is 2.33. The van der Waals surface area contributed by atoms with Gasteiger partial charge in [0, 0.05) is 23.9 Å². The summed E-state index contributed by atoms with van der Waals surface area (Å²) in [6, 6.07) is 12.5. The first-order valence-electron chi connectivity index (χ1n) is 8.50. The number of nitrogens with one attached hydrogen (secondary N) is 1. The van der Waals surface area contributed by atoms with Crippen molar-refractivity contribution in [1.82, 2.24) is 9.71 Å². The molecular weight excluding hydrogens is 425 g/mol. The second-order valence-electron chi connectivity index (χ2n) is 6.15. The van der Waals surface area contributed by atoms with Crippen molar-refractivity contribution < 1.29 is 26.3 Å². The van der Waals surface area contributed by atoms with Crippen molar-refractivity contribution in [2.45, 2.75) is 24.6 Å². The molecule has 0 saturated heterocycles. The largest absolute Gasteiger partial charge is 0.573 e. The number of hydrogen-bond acceptors (Lipinski definition) is 5. The molecule has 3 aromatic rings. The lowest BCUT2D eigenvalue weighted by Gasteiger charge is -2.13. The molecule has 0 unspecified atom stereocenters. The Hall–Kier alpha value is -2.43. The van der Waals surface area contributed by atoms with Crippen molar-refractivity contribution in [3.05, 3.63) is 65.2 Å². The SMILES string of the molecule is Cc1ccc(-c2nc(CCNS(=O)(=O)c3ccccc3OC(F)(F)F)cs2)cc1. The van der Waals surface area contributed by atoms with Crippen LogP contribution in [-0.4, -0.2) is 26.3 Å². The van der Waals surface area contributed by atoms with Crippen molar-refractivity contribution >= 4 is 21.4 Å². The molecule has 29 heavy (non-hydrogen) atoms. The van der Waals surface area contributed by atoms with Gasteiger partial charge in [-0.1, -0.05) is 42.0 Å². The zero-order chi connectivity index (χ0) is 21.1. The van der Waals surface area contributed by atoms with E-state index in [-0.39, 0.29) is 6.54 Å². The molecule has 0 atom stereocenters. The Morgan fingerprint density at radius 2 is 1.79 bits per heavy atom. The fraction of sp³-hybridized carbons (Fsp3) is 0.211. The number of aryl methyl sites for hydroxylation is 1. The summed E-state index contributed by atoms with van der Waals surface area (Å²) in [4.78, 5) is 3.91. The standard InChI is InChI=1S/C19H17F3N2O3S2/c1-13-6-8-14(9-7-13)18-24-15(12-28-18)10-11-23-29(25,26)17-5-3-2-4-16(17)27-19(20,21)22/h2-9,12,23H,10-11H2,1H3. The number of hydrogen-bond donors (Lipinski definition) is 1. The summed E-state index contributed by atoms with van der Waals surface area (Å²) in [5, 5.41) is 2.64. The smallest absolute Gasteiger partial charge is 0.404 e. The highest BCUT2D eigenvalue weighted by atomic mass is 32.2. The first-order chi connectivity index (χ1) is 13.6. The van der Waals surface area contributed by atoms with Crippen LogP contribution in [0.15, 0.2) is 58.8 Å². The molecule has 10 heteroatoms. The van der Waals surface area contributed by atoms with E-state index >= 15 is 0 Å². The molecule has 2 aromatic carbocycles. The van der Waals surface area contributed by atoms with Gasteiger partial charge in [-0.15, -0.1) is 24.5 Å². The quantitative estimate of drug-likeness (QED) is 0.584. The van der Waals surface area contributed by atoms with Crippen LogP contribution in [0.25, 0.3) is 10.6 Å². The molecule has 0 bridgehead atoms. The Balaban J connectivity index is 1.66. The van der Waals surface area contributed by atoms with Crippen LogP contribution < -0.4 is 9.46 Å². The third kappa shape index (κ3) is 5.78. The maximum atomic E-state index is 12.5. The van der Waals surface area contributed by atoms with E-state index in [0.29, 0.717) is 12.1 Å². The summed E-state index contributed by atoms with van der Waals surface area (Å²) >= 11 is 1.44. The van der Waals surface area contributed by atoms with Gasteiger partial charge >= 0.3 is 6.36 Å².